The molecule has 0 aliphatic heterocycles. The molecule has 18 heavy (non-hydrogen) atoms. The second-order valence-corrected chi connectivity index (χ2v) is 4.31. The van der Waals surface area contributed by atoms with Gasteiger partial charge >= 0.3 is 0 Å². The van der Waals surface area contributed by atoms with E-state index in [1.165, 1.54) is 12.8 Å². The number of nitrogens with one attached hydrogen (secondary N) is 1. The predicted molar refractivity (Wildman–Crippen MR) is 72.5 cm³/mol. The average Bonchev–Trinajstić information content (AvgIpc) is 2.43. The molecule has 0 bridgehead atoms. The van der Waals surface area contributed by atoms with Gasteiger partial charge in [-0.05, 0) is 24.1 Å². The van der Waals surface area contributed by atoms with E-state index >= 15 is 0 Å². The first-order valence-electron chi connectivity index (χ1n) is 6.35. The highest BCUT2D eigenvalue weighted by molar-refractivity contribution is 5.96. The van der Waals surface area contributed by atoms with Crippen LogP contribution >= 0.6 is 0 Å². The molecule has 0 spiro atoms. The predicted octanol–water partition coefficient (Wildman–Crippen LogP) is 1.70. The van der Waals surface area contributed by atoms with Crippen LogP contribution in [0.5, 0.6) is 0 Å². The maximum Gasteiger partial charge on any atom is 0.189 e. The number of nitrogens with zero attached hydrogens (tertiary/aromatic N) is 2. The largest absolute Gasteiger partial charge is 0.409 e. The Morgan fingerprint density at radius 3 is 2.83 bits per heavy atom. The van der Waals surface area contributed by atoms with E-state index in [1.807, 2.05) is 12.1 Å². The van der Waals surface area contributed by atoms with Gasteiger partial charge in [-0.15, -0.1) is 0 Å². The fourth-order valence-electron chi connectivity index (χ4n) is 1.85. The molecule has 1 heterocycles. The maximum atomic E-state index is 8.70. The van der Waals surface area contributed by atoms with Crippen molar-refractivity contribution in [2.45, 2.75) is 33.2 Å². The fraction of sp³-hybridized carbons (Fsp3) is 0.538. The standard InChI is InChI=1S/C13H22N4O/c1-3-10(4-2)8-15-9-11-6-5-7-16-12(11)13(14)17-18/h5-7,10,15,18H,3-4,8-9H2,1-2H3,(H2,14,17). The van der Waals surface area contributed by atoms with Gasteiger partial charge in [0.05, 0.1) is 0 Å². The van der Waals surface area contributed by atoms with Gasteiger partial charge in [0, 0.05) is 12.7 Å². The Hall–Kier alpha value is -1.62. The normalized spacial score (nSPS) is 12.1. The molecule has 0 aromatic carbocycles. The van der Waals surface area contributed by atoms with Crippen molar-refractivity contribution in [3.63, 3.8) is 0 Å². The molecule has 0 aliphatic carbocycles. The number of pyridine rings is 1. The van der Waals surface area contributed by atoms with Crippen molar-refractivity contribution in [1.29, 1.82) is 0 Å². The van der Waals surface area contributed by atoms with Gasteiger partial charge in [0.25, 0.3) is 0 Å². The number of nitrogens with two attached hydrogens (primary N) is 1. The summed E-state index contributed by atoms with van der Waals surface area (Å²) < 4.78 is 0. The highest BCUT2D eigenvalue weighted by Gasteiger charge is 2.08. The third-order valence-corrected chi connectivity index (χ3v) is 3.14. The Morgan fingerprint density at radius 1 is 1.50 bits per heavy atom. The topological polar surface area (TPSA) is 83.5 Å². The van der Waals surface area contributed by atoms with Crippen molar-refractivity contribution in [1.82, 2.24) is 10.3 Å². The molecule has 1 aromatic heterocycles. The van der Waals surface area contributed by atoms with Crippen LogP contribution in [-0.2, 0) is 6.54 Å². The van der Waals surface area contributed by atoms with E-state index in [1.54, 1.807) is 6.20 Å². The molecule has 0 aliphatic rings. The van der Waals surface area contributed by atoms with E-state index in [0.717, 1.165) is 12.1 Å². The smallest absolute Gasteiger partial charge is 0.189 e. The zero-order valence-electron chi connectivity index (χ0n) is 11.1. The highest BCUT2D eigenvalue weighted by atomic mass is 16.4. The van der Waals surface area contributed by atoms with Crippen molar-refractivity contribution >= 4 is 5.84 Å². The molecule has 0 fully saturated rings. The van der Waals surface area contributed by atoms with Crippen LogP contribution in [0.3, 0.4) is 0 Å². The molecular weight excluding hydrogens is 228 g/mol. The van der Waals surface area contributed by atoms with Gasteiger partial charge in [-0.25, -0.2) is 0 Å². The fourth-order valence-corrected chi connectivity index (χ4v) is 1.85. The van der Waals surface area contributed by atoms with Crippen LogP contribution in [0.15, 0.2) is 23.5 Å². The minimum atomic E-state index is 0.0509. The number of aromatic nitrogens is 1. The third kappa shape index (κ3) is 4.00. The third-order valence-electron chi connectivity index (χ3n) is 3.14. The number of hydrogen-bond acceptors (Lipinski definition) is 4. The Kier molecular flexibility index (Phi) is 6.14. The first kappa shape index (κ1) is 14.4. The van der Waals surface area contributed by atoms with E-state index in [9.17, 15) is 0 Å². The lowest BCUT2D eigenvalue weighted by atomic mass is 10.0. The zero-order chi connectivity index (χ0) is 13.4. The Bertz CT molecular complexity index is 388. The van der Waals surface area contributed by atoms with Gasteiger partial charge in [-0.2, -0.15) is 0 Å². The van der Waals surface area contributed by atoms with Crippen molar-refractivity contribution in [2.24, 2.45) is 16.8 Å². The molecule has 0 saturated heterocycles. The van der Waals surface area contributed by atoms with Crippen LogP contribution in [0.25, 0.3) is 0 Å². The van der Waals surface area contributed by atoms with Gasteiger partial charge in [0.15, 0.2) is 5.84 Å². The Morgan fingerprint density at radius 2 is 2.22 bits per heavy atom. The molecule has 0 amide bonds. The van der Waals surface area contributed by atoms with E-state index < -0.39 is 0 Å². The lowest BCUT2D eigenvalue weighted by Gasteiger charge is -2.14. The number of amidine groups is 1. The van der Waals surface area contributed by atoms with E-state index in [2.05, 4.69) is 29.3 Å². The first-order valence-corrected chi connectivity index (χ1v) is 6.35. The van der Waals surface area contributed by atoms with E-state index in [0.29, 0.717) is 18.2 Å². The lowest BCUT2D eigenvalue weighted by molar-refractivity contribution is 0.318. The molecule has 0 saturated carbocycles. The van der Waals surface area contributed by atoms with Crippen LogP contribution in [0.4, 0.5) is 0 Å². The highest BCUT2D eigenvalue weighted by Crippen LogP contribution is 2.08. The van der Waals surface area contributed by atoms with Gasteiger partial charge in [-0.1, -0.05) is 37.9 Å². The summed E-state index contributed by atoms with van der Waals surface area (Å²) in [4.78, 5) is 4.13. The summed E-state index contributed by atoms with van der Waals surface area (Å²) >= 11 is 0. The van der Waals surface area contributed by atoms with Gasteiger partial charge < -0.3 is 16.3 Å². The molecule has 100 valence electrons. The summed E-state index contributed by atoms with van der Waals surface area (Å²) in [6.07, 6.45) is 3.98. The number of oxime groups is 1. The van der Waals surface area contributed by atoms with Gasteiger partial charge in [-0.3, -0.25) is 4.98 Å². The van der Waals surface area contributed by atoms with Crippen molar-refractivity contribution < 1.29 is 5.21 Å². The van der Waals surface area contributed by atoms with Crippen molar-refractivity contribution in [2.75, 3.05) is 6.54 Å². The first-order chi connectivity index (χ1) is 8.72. The van der Waals surface area contributed by atoms with Gasteiger partial charge in [0.2, 0.25) is 0 Å². The second-order valence-electron chi connectivity index (χ2n) is 4.31. The number of hydrogen-bond donors (Lipinski definition) is 3. The van der Waals surface area contributed by atoms with E-state index in [4.69, 9.17) is 10.9 Å². The molecule has 5 heteroatoms. The molecule has 1 aromatic rings. The summed E-state index contributed by atoms with van der Waals surface area (Å²) in [5, 5.41) is 15.1. The molecular formula is C13H22N4O. The van der Waals surface area contributed by atoms with Crippen LogP contribution in [0, 0.1) is 5.92 Å². The molecule has 0 unspecified atom stereocenters. The quantitative estimate of drug-likeness (QED) is 0.298. The van der Waals surface area contributed by atoms with Gasteiger partial charge in [0.1, 0.15) is 5.69 Å². The average molecular weight is 250 g/mol. The molecule has 5 nitrogen and oxygen atoms in total. The summed E-state index contributed by atoms with van der Waals surface area (Å²) in [5.74, 6) is 0.740. The molecule has 1 rings (SSSR count). The summed E-state index contributed by atoms with van der Waals surface area (Å²) in [6, 6.07) is 3.78. The Labute approximate surface area is 108 Å². The van der Waals surface area contributed by atoms with Crippen LogP contribution in [-0.4, -0.2) is 22.6 Å². The van der Waals surface area contributed by atoms with Crippen LogP contribution < -0.4 is 11.1 Å². The second kappa shape index (κ2) is 7.66. The lowest BCUT2D eigenvalue weighted by Crippen LogP contribution is -2.24. The van der Waals surface area contributed by atoms with E-state index in [-0.39, 0.29) is 5.84 Å². The summed E-state index contributed by atoms with van der Waals surface area (Å²) in [5.41, 5.74) is 7.07. The monoisotopic (exact) mass is 250 g/mol. The molecule has 0 radical (unpaired) electrons. The SMILES string of the molecule is CCC(CC)CNCc1cccnc1/C(N)=N/O. The molecule has 4 N–H and O–H groups in total. The summed E-state index contributed by atoms with van der Waals surface area (Å²) in [7, 11) is 0. The van der Waals surface area contributed by atoms with Crippen LogP contribution in [0.2, 0.25) is 0 Å². The van der Waals surface area contributed by atoms with Crippen molar-refractivity contribution in [3.8, 4) is 0 Å². The maximum absolute atomic E-state index is 8.70. The Balaban J connectivity index is 2.62. The number of rotatable bonds is 7. The summed E-state index contributed by atoms with van der Waals surface area (Å²) in [6.45, 7) is 6.04. The van der Waals surface area contributed by atoms with Crippen LogP contribution in [0.1, 0.15) is 37.9 Å². The minimum Gasteiger partial charge on any atom is -0.409 e. The molecule has 0 atom stereocenters. The zero-order valence-corrected chi connectivity index (χ0v) is 11.1. The minimum absolute atomic E-state index is 0.0509. The van der Waals surface area contributed by atoms with Crippen molar-refractivity contribution in [3.05, 3.63) is 29.6 Å².